The van der Waals surface area contributed by atoms with Crippen molar-refractivity contribution in [2.75, 3.05) is 0 Å². The van der Waals surface area contributed by atoms with Crippen LogP contribution in [0, 0.1) is 0 Å². The van der Waals surface area contributed by atoms with Gasteiger partial charge >= 0.3 is 0 Å². The van der Waals surface area contributed by atoms with E-state index in [0.29, 0.717) is 5.92 Å². The quantitative estimate of drug-likeness (QED) is 0.0476. The number of hydrogen-bond donors (Lipinski definition) is 0. The molecule has 0 aliphatic heterocycles. The molecule has 0 aliphatic rings. The number of benzene rings is 2. The number of nitrogens with zero attached hydrogens (tertiary/aromatic N) is 2. The second-order valence-corrected chi connectivity index (χ2v) is 15.3. The molecule has 0 saturated carbocycles. The Bertz CT molecular complexity index is 1160. The van der Waals surface area contributed by atoms with Gasteiger partial charge < -0.3 is 0 Å². The summed E-state index contributed by atoms with van der Waals surface area (Å²) >= 11 is 0. The average molecular weight is 670 g/mol. The molecular formula is C47H77N2+. The van der Waals surface area contributed by atoms with Crippen LogP contribution in [0.2, 0.25) is 0 Å². The lowest BCUT2D eigenvalue weighted by atomic mass is 10.0. The minimum atomic E-state index is 0.489. The first kappa shape index (κ1) is 41.1. The maximum atomic E-state index is 2.76. The summed E-state index contributed by atoms with van der Waals surface area (Å²) in [5, 5.41) is 0. The fourth-order valence-electron chi connectivity index (χ4n) is 7.69. The monoisotopic (exact) mass is 670 g/mol. The first-order chi connectivity index (χ1) is 24.2. The molecule has 49 heavy (non-hydrogen) atoms. The molecule has 1 unspecified atom stereocenters. The van der Waals surface area contributed by atoms with Crippen LogP contribution in [0.1, 0.15) is 203 Å². The zero-order chi connectivity index (χ0) is 34.6. The third-order valence-corrected chi connectivity index (χ3v) is 10.9. The van der Waals surface area contributed by atoms with Crippen LogP contribution in [0.3, 0.4) is 0 Å². The Morgan fingerprint density at radius 1 is 0.510 bits per heavy atom. The number of aromatic nitrogens is 2. The van der Waals surface area contributed by atoms with E-state index in [1.807, 2.05) is 0 Å². The van der Waals surface area contributed by atoms with E-state index >= 15 is 0 Å². The van der Waals surface area contributed by atoms with Crippen molar-refractivity contribution in [2.24, 2.45) is 0 Å². The lowest BCUT2D eigenvalue weighted by Crippen LogP contribution is -2.39. The van der Waals surface area contributed by atoms with Gasteiger partial charge in [-0.3, -0.25) is 0 Å². The highest BCUT2D eigenvalue weighted by molar-refractivity contribution is 5.20. The fourth-order valence-corrected chi connectivity index (χ4v) is 7.69. The standard InChI is InChI=1S/C47H77N2/c1-4-6-8-10-12-14-15-16-17-18-19-20-22-24-32-38-46-42-48(41-43(3)45-36-30-27-31-37-45)47(40-44-34-28-26-29-35-44)49(46)39-33-25-23-21-13-11-9-7-5-2/h26-31,34-37,42-43H,4-25,32-33,38-41H2,1-3H3/q+1. The van der Waals surface area contributed by atoms with E-state index < -0.39 is 0 Å². The summed E-state index contributed by atoms with van der Waals surface area (Å²) in [6.45, 7) is 9.24. The van der Waals surface area contributed by atoms with Crippen LogP contribution in [-0.4, -0.2) is 4.57 Å². The van der Waals surface area contributed by atoms with Crippen LogP contribution in [-0.2, 0) is 25.9 Å². The van der Waals surface area contributed by atoms with Gasteiger partial charge in [0.1, 0.15) is 11.9 Å². The number of imidazole rings is 1. The molecule has 0 spiro atoms. The molecule has 0 bridgehead atoms. The van der Waals surface area contributed by atoms with Gasteiger partial charge in [0, 0.05) is 12.3 Å². The molecule has 3 rings (SSSR count). The first-order valence-electron chi connectivity index (χ1n) is 21.4. The molecule has 0 saturated heterocycles. The van der Waals surface area contributed by atoms with Gasteiger partial charge in [-0.25, -0.2) is 9.13 Å². The number of unbranched alkanes of at least 4 members (excludes halogenated alkanes) is 22. The van der Waals surface area contributed by atoms with Crippen molar-refractivity contribution in [3.8, 4) is 0 Å². The molecular weight excluding hydrogens is 593 g/mol. The zero-order valence-corrected chi connectivity index (χ0v) is 32.6. The molecule has 0 amide bonds. The van der Waals surface area contributed by atoms with E-state index in [1.165, 1.54) is 184 Å². The highest BCUT2D eigenvalue weighted by atomic mass is 15.2. The topological polar surface area (TPSA) is 8.81 Å². The second kappa shape index (κ2) is 27.4. The summed E-state index contributed by atoms with van der Waals surface area (Å²) < 4.78 is 5.40. The van der Waals surface area contributed by atoms with Gasteiger partial charge in [0.05, 0.1) is 19.5 Å². The van der Waals surface area contributed by atoms with Crippen molar-refractivity contribution >= 4 is 0 Å². The van der Waals surface area contributed by atoms with E-state index in [0.717, 1.165) is 13.0 Å². The number of hydrogen-bond acceptors (Lipinski definition) is 0. The molecule has 1 atom stereocenters. The molecule has 2 nitrogen and oxygen atoms in total. The minimum absolute atomic E-state index is 0.489. The molecule has 0 aliphatic carbocycles. The van der Waals surface area contributed by atoms with E-state index in [2.05, 4.69) is 96.8 Å². The fraction of sp³-hybridized carbons (Fsp3) is 0.681. The van der Waals surface area contributed by atoms with E-state index in [1.54, 1.807) is 5.69 Å². The van der Waals surface area contributed by atoms with Gasteiger partial charge in [-0.2, -0.15) is 0 Å². The number of rotatable bonds is 31. The highest BCUT2D eigenvalue weighted by Gasteiger charge is 2.25. The Balaban J connectivity index is 1.54. The Morgan fingerprint density at radius 2 is 0.939 bits per heavy atom. The summed E-state index contributed by atoms with van der Waals surface area (Å²) in [6, 6.07) is 22.3. The van der Waals surface area contributed by atoms with Crippen molar-refractivity contribution in [1.29, 1.82) is 0 Å². The normalized spacial score (nSPS) is 12.1. The largest absolute Gasteiger partial charge is 0.261 e. The van der Waals surface area contributed by atoms with Crippen LogP contribution in [0.4, 0.5) is 0 Å². The predicted octanol–water partition coefficient (Wildman–Crippen LogP) is 14.1. The molecule has 2 heteroatoms. The Labute approximate surface area is 304 Å². The maximum Gasteiger partial charge on any atom is 0.261 e. The molecule has 2 aromatic carbocycles. The minimum Gasteiger partial charge on any atom is -0.233 e. The second-order valence-electron chi connectivity index (χ2n) is 15.3. The van der Waals surface area contributed by atoms with Gasteiger partial charge in [0.15, 0.2) is 0 Å². The molecule has 0 fully saturated rings. The molecule has 3 aromatic rings. The summed E-state index contributed by atoms with van der Waals surface area (Å²) in [4.78, 5) is 0. The van der Waals surface area contributed by atoms with Crippen LogP contribution in [0.25, 0.3) is 0 Å². The van der Waals surface area contributed by atoms with Crippen LogP contribution >= 0.6 is 0 Å². The maximum absolute atomic E-state index is 2.76. The van der Waals surface area contributed by atoms with Crippen LogP contribution in [0.15, 0.2) is 66.9 Å². The Kier molecular flexibility index (Phi) is 23.0. The SMILES string of the molecule is CCCCCCCCCCCCCCCCCc1c[n+](CC(C)c2ccccc2)c(Cc2ccccc2)n1CCCCCCCCCCC. The van der Waals surface area contributed by atoms with Crippen LogP contribution < -0.4 is 4.57 Å². The summed E-state index contributed by atoms with van der Waals surface area (Å²) in [5.41, 5.74) is 4.44. The summed E-state index contributed by atoms with van der Waals surface area (Å²) in [7, 11) is 0. The van der Waals surface area contributed by atoms with Crippen LogP contribution in [0.5, 0.6) is 0 Å². The third kappa shape index (κ3) is 17.9. The van der Waals surface area contributed by atoms with Gasteiger partial charge in [-0.1, -0.05) is 216 Å². The molecule has 1 aromatic heterocycles. The Hall–Kier alpha value is -2.35. The van der Waals surface area contributed by atoms with E-state index in [-0.39, 0.29) is 0 Å². The molecule has 0 radical (unpaired) electrons. The van der Waals surface area contributed by atoms with Gasteiger partial charge in [0.2, 0.25) is 0 Å². The molecule has 1 heterocycles. The number of aryl methyl sites for hydroxylation is 1. The smallest absolute Gasteiger partial charge is 0.233 e. The lowest BCUT2D eigenvalue weighted by Gasteiger charge is -2.12. The van der Waals surface area contributed by atoms with Crippen molar-refractivity contribution in [3.05, 3.63) is 89.5 Å². The molecule has 0 N–H and O–H groups in total. The summed E-state index contributed by atoms with van der Waals surface area (Å²) in [5.74, 6) is 1.99. The predicted molar refractivity (Wildman–Crippen MR) is 215 cm³/mol. The lowest BCUT2D eigenvalue weighted by molar-refractivity contribution is -0.705. The highest BCUT2D eigenvalue weighted by Crippen LogP contribution is 2.20. The van der Waals surface area contributed by atoms with E-state index in [4.69, 9.17) is 0 Å². The Morgan fingerprint density at radius 3 is 1.43 bits per heavy atom. The van der Waals surface area contributed by atoms with Gasteiger partial charge in [0.25, 0.3) is 5.82 Å². The van der Waals surface area contributed by atoms with Gasteiger partial charge in [-0.05, 0) is 30.4 Å². The van der Waals surface area contributed by atoms with Crippen molar-refractivity contribution < 1.29 is 4.57 Å². The van der Waals surface area contributed by atoms with Crippen molar-refractivity contribution in [2.45, 2.75) is 207 Å². The zero-order valence-electron chi connectivity index (χ0n) is 32.6. The van der Waals surface area contributed by atoms with Gasteiger partial charge in [-0.15, -0.1) is 0 Å². The summed E-state index contributed by atoms with van der Waals surface area (Å²) in [6.07, 6.45) is 38.6. The van der Waals surface area contributed by atoms with Crippen molar-refractivity contribution in [3.63, 3.8) is 0 Å². The first-order valence-corrected chi connectivity index (χ1v) is 21.4. The average Bonchev–Trinajstić information content (AvgIpc) is 3.44. The molecule has 274 valence electrons. The van der Waals surface area contributed by atoms with Crippen molar-refractivity contribution in [1.82, 2.24) is 4.57 Å². The van der Waals surface area contributed by atoms with E-state index in [9.17, 15) is 0 Å². The third-order valence-electron chi connectivity index (χ3n) is 10.9.